The molecule has 0 spiro atoms. The fraction of sp³-hybridized carbons (Fsp3) is 0.571. The van der Waals surface area contributed by atoms with Gasteiger partial charge in [0.2, 0.25) is 0 Å². The SMILES string of the molecule is CCCC1(c2nc3ncccc3n2C)CCCN1. The summed E-state index contributed by atoms with van der Waals surface area (Å²) >= 11 is 0. The Morgan fingerprint density at radius 3 is 3.06 bits per heavy atom. The van der Waals surface area contributed by atoms with Crippen LogP contribution in [0, 0.1) is 0 Å². The molecule has 4 nitrogen and oxygen atoms in total. The summed E-state index contributed by atoms with van der Waals surface area (Å²) in [6, 6.07) is 4.07. The van der Waals surface area contributed by atoms with Crippen molar-refractivity contribution in [2.75, 3.05) is 6.54 Å². The third-order valence-electron chi connectivity index (χ3n) is 4.01. The van der Waals surface area contributed by atoms with Crippen LogP contribution in [0.3, 0.4) is 0 Å². The second-order valence-corrected chi connectivity index (χ2v) is 5.20. The smallest absolute Gasteiger partial charge is 0.177 e. The van der Waals surface area contributed by atoms with E-state index >= 15 is 0 Å². The molecule has 0 saturated carbocycles. The lowest BCUT2D eigenvalue weighted by molar-refractivity contribution is 0.327. The summed E-state index contributed by atoms with van der Waals surface area (Å²) in [5.74, 6) is 1.15. The lowest BCUT2D eigenvalue weighted by atomic mass is 9.91. The van der Waals surface area contributed by atoms with Gasteiger partial charge in [-0.15, -0.1) is 0 Å². The van der Waals surface area contributed by atoms with Gasteiger partial charge in [0.25, 0.3) is 0 Å². The van der Waals surface area contributed by atoms with Gasteiger partial charge in [0, 0.05) is 13.2 Å². The molecule has 0 radical (unpaired) electrons. The molecular formula is C14H20N4. The zero-order chi connectivity index (χ0) is 12.6. The van der Waals surface area contributed by atoms with E-state index in [1.807, 2.05) is 12.3 Å². The second kappa shape index (κ2) is 4.35. The third kappa shape index (κ3) is 1.63. The van der Waals surface area contributed by atoms with Gasteiger partial charge < -0.3 is 9.88 Å². The van der Waals surface area contributed by atoms with Gasteiger partial charge in [-0.3, -0.25) is 0 Å². The summed E-state index contributed by atoms with van der Waals surface area (Å²) in [6.07, 6.45) is 6.54. The Morgan fingerprint density at radius 2 is 2.39 bits per heavy atom. The first-order chi connectivity index (χ1) is 8.77. The highest BCUT2D eigenvalue weighted by molar-refractivity contribution is 5.71. The fourth-order valence-corrected chi connectivity index (χ4v) is 3.20. The molecule has 18 heavy (non-hydrogen) atoms. The first-order valence-corrected chi connectivity index (χ1v) is 6.80. The van der Waals surface area contributed by atoms with Gasteiger partial charge in [-0.25, -0.2) is 9.97 Å². The Morgan fingerprint density at radius 1 is 1.50 bits per heavy atom. The molecule has 1 unspecified atom stereocenters. The maximum Gasteiger partial charge on any atom is 0.177 e. The number of nitrogens with zero attached hydrogens (tertiary/aromatic N) is 3. The molecule has 0 aromatic carbocycles. The van der Waals surface area contributed by atoms with Gasteiger partial charge in [-0.05, 0) is 37.9 Å². The Balaban J connectivity index is 2.14. The van der Waals surface area contributed by atoms with Gasteiger partial charge in [-0.1, -0.05) is 13.3 Å². The van der Waals surface area contributed by atoms with Crippen molar-refractivity contribution >= 4 is 11.2 Å². The highest BCUT2D eigenvalue weighted by Gasteiger charge is 2.38. The quantitative estimate of drug-likeness (QED) is 0.901. The fourth-order valence-electron chi connectivity index (χ4n) is 3.20. The summed E-state index contributed by atoms with van der Waals surface area (Å²) in [5.41, 5.74) is 2.04. The Hall–Kier alpha value is -1.42. The van der Waals surface area contributed by atoms with Crippen LogP contribution in [0.4, 0.5) is 0 Å². The predicted molar refractivity (Wildman–Crippen MR) is 72.3 cm³/mol. The van der Waals surface area contributed by atoms with Crippen molar-refractivity contribution < 1.29 is 0 Å². The first-order valence-electron chi connectivity index (χ1n) is 6.80. The summed E-state index contributed by atoms with van der Waals surface area (Å²) < 4.78 is 2.20. The molecule has 3 rings (SSSR count). The number of hydrogen-bond acceptors (Lipinski definition) is 3. The van der Waals surface area contributed by atoms with Crippen LogP contribution in [-0.4, -0.2) is 21.1 Å². The van der Waals surface area contributed by atoms with E-state index in [1.54, 1.807) is 0 Å². The number of pyridine rings is 1. The van der Waals surface area contributed by atoms with E-state index in [4.69, 9.17) is 4.98 Å². The van der Waals surface area contributed by atoms with E-state index in [0.717, 1.165) is 30.0 Å². The predicted octanol–water partition coefficient (Wildman–Crippen LogP) is 2.35. The lowest BCUT2D eigenvalue weighted by Gasteiger charge is -2.28. The Kier molecular flexibility index (Phi) is 2.82. The monoisotopic (exact) mass is 244 g/mol. The molecule has 1 atom stereocenters. The van der Waals surface area contributed by atoms with Crippen LogP contribution in [0.5, 0.6) is 0 Å². The highest BCUT2D eigenvalue weighted by Crippen LogP contribution is 2.35. The number of fused-ring (bicyclic) bond motifs is 1. The molecule has 1 fully saturated rings. The van der Waals surface area contributed by atoms with Crippen molar-refractivity contribution in [1.82, 2.24) is 19.9 Å². The van der Waals surface area contributed by atoms with E-state index in [-0.39, 0.29) is 5.54 Å². The molecular weight excluding hydrogens is 224 g/mol. The number of hydrogen-bond donors (Lipinski definition) is 1. The number of rotatable bonds is 3. The van der Waals surface area contributed by atoms with Crippen LogP contribution in [0.15, 0.2) is 18.3 Å². The zero-order valence-corrected chi connectivity index (χ0v) is 11.1. The highest BCUT2D eigenvalue weighted by atomic mass is 15.2. The van der Waals surface area contributed by atoms with Crippen molar-refractivity contribution in [1.29, 1.82) is 0 Å². The molecule has 2 aromatic heterocycles. The van der Waals surface area contributed by atoms with E-state index in [0.29, 0.717) is 0 Å². The first kappa shape index (κ1) is 11.7. The normalized spacial score (nSPS) is 23.9. The van der Waals surface area contributed by atoms with Crippen LogP contribution >= 0.6 is 0 Å². The minimum Gasteiger partial charge on any atom is -0.328 e. The Labute approximate surface area is 107 Å². The van der Waals surface area contributed by atoms with Crippen LogP contribution in [-0.2, 0) is 12.6 Å². The minimum atomic E-state index is 0.0597. The molecule has 0 bridgehead atoms. The minimum absolute atomic E-state index is 0.0597. The van der Waals surface area contributed by atoms with Crippen molar-refractivity contribution in [3.63, 3.8) is 0 Å². The van der Waals surface area contributed by atoms with Crippen molar-refractivity contribution in [2.24, 2.45) is 7.05 Å². The van der Waals surface area contributed by atoms with E-state index in [9.17, 15) is 0 Å². The van der Waals surface area contributed by atoms with Crippen molar-refractivity contribution in [2.45, 2.75) is 38.1 Å². The van der Waals surface area contributed by atoms with Crippen LogP contribution < -0.4 is 5.32 Å². The van der Waals surface area contributed by atoms with Crippen LogP contribution in [0.25, 0.3) is 11.2 Å². The average Bonchev–Trinajstić information content (AvgIpc) is 2.97. The third-order valence-corrected chi connectivity index (χ3v) is 4.01. The van der Waals surface area contributed by atoms with Gasteiger partial charge in [0.05, 0.1) is 11.1 Å². The molecule has 1 saturated heterocycles. The van der Waals surface area contributed by atoms with E-state index in [1.165, 1.54) is 19.3 Å². The molecule has 3 heterocycles. The molecule has 1 aliphatic heterocycles. The average molecular weight is 244 g/mol. The van der Waals surface area contributed by atoms with Crippen LogP contribution in [0.2, 0.25) is 0 Å². The molecule has 0 amide bonds. The number of aromatic nitrogens is 3. The standard InChI is InChI=1S/C14H20N4/c1-3-7-14(8-5-10-16-14)13-17-12-11(18(13)2)6-4-9-15-12/h4,6,9,16H,3,5,7-8,10H2,1-2H3. The van der Waals surface area contributed by atoms with Crippen LogP contribution in [0.1, 0.15) is 38.4 Å². The summed E-state index contributed by atoms with van der Waals surface area (Å²) in [7, 11) is 2.10. The second-order valence-electron chi connectivity index (χ2n) is 5.20. The molecule has 4 heteroatoms. The number of nitrogens with one attached hydrogen (secondary N) is 1. The van der Waals surface area contributed by atoms with Gasteiger partial charge in [-0.2, -0.15) is 0 Å². The zero-order valence-electron chi connectivity index (χ0n) is 11.1. The van der Waals surface area contributed by atoms with E-state index in [2.05, 4.69) is 34.9 Å². The maximum absolute atomic E-state index is 4.77. The molecule has 1 N–H and O–H groups in total. The molecule has 96 valence electrons. The Bertz CT molecular complexity index is 552. The van der Waals surface area contributed by atoms with Gasteiger partial charge in [0.15, 0.2) is 5.65 Å². The van der Waals surface area contributed by atoms with Gasteiger partial charge >= 0.3 is 0 Å². The number of imidazole rings is 1. The summed E-state index contributed by atoms with van der Waals surface area (Å²) in [5, 5.41) is 3.68. The van der Waals surface area contributed by atoms with Gasteiger partial charge in [0.1, 0.15) is 5.82 Å². The maximum atomic E-state index is 4.77. The van der Waals surface area contributed by atoms with E-state index < -0.39 is 0 Å². The molecule has 1 aliphatic rings. The largest absolute Gasteiger partial charge is 0.328 e. The molecule has 0 aliphatic carbocycles. The molecule has 2 aromatic rings. The number of aryl methyl sites for hydroxylation is 1. The summed E-state index contributed by atoms with van der Waals surface area (Å²) in [4.78, 5) is 9.14. The van der Waals surface area contributed by atoms with Crippen molar-refractivity contribution in [3.8, 4) is 0 Å². The summed E-state index contributed by atoms with van der Waals surface area (Å²) in [6.45, 7) is 3.33. The van der Waals surface area contributed by atoms with Crippen molar-refractivity contribution in [3.05, 3.63) is 24.2 Å². The lowest BCUT2D eigenvalue weighted by Crippen LogP contribution is -2.39. The topological polar surface area (TPSA) is 42.7 Å².